The molecule has 24 heavy (non-hydrogen) atoms. The van der Waals surface area contributed by atoms with Gasteiger partial charge in [-0.25, -0.2) is 8.42 Å². The Bertz CT molecular complexity index is 837. The SMILES string of the molecule is CC(C)c1cc(C(C)C)c2cc(S(=O)(=O)[O-])cc(C(C)C)c2c1.[Na+]. The van der Waals surface area contributed by atoms with Gasteiger partial charge in [0.2, 0.25) is 0 Å². The Morgan fingerprint density at radius 3 is 1.62 bits per heavy atom. The zero-order valence-corrected chi connectivity index (χ0v) is 18.5. The molecule has 2 aromatic carbocycles. The molecule has 0 fully saturated rings. The van der Waals surface area contributed by atoms with Crippen molar-refractivity contribution in [3.05, 3.63) is 41.0 Å². The molecule has 126 valence electrons. The molecule has 0 radical (unpaired) electrons. The second kappa shape index (κ2) is 7.88. The molecule has 0 aliphatic carbocycles. The number of benzene rings is 2. The molecule has 0 spiro atoms. The van der Waals surface area contributed by atoms with E-state index in [2.05, 4.69) is 39.8 Å². The first-order valence-corrected chi connectivity index (χ1v) is 9.50. The molecule has 0 saturated carbocycles. The minimum absolute atomic E-state index is 0. The van der Waals surface area contributed by atoms with E-state index in [0.717, 1.165) is 21.9 Å². The normalized spacial score (nSPS) is 12.2. The van der Waals surface area contributed by atoms with Gasteiger partial charge in [0.15, 0.2) is 0 Å². The molecule has 0 unspecified atom stereocenters. The molecule has 5 heteroatoms. The molecule has 0 aliphatic rings. The van der Waals surface area contributed by atoms with Crippen molar-refractivity contribution in [3.63, 3.8) is 0 Å². The van der Waals surface area contributed by atoms with Crippen LogP contribution < -0.4 is 29.6 Å². The van der Waals surface area contributed by atoms with Gasteiger partial charge in [0.05, 0.1) is 4.90 Å². The van der Waals surface area contributed by atoms with Crippen molar-refractivity contribution in [1.82, 2.24) is 0 Å². The predicted octanol–water partition coefficient (Wildman–Crippen LogP) is 2.12. The third kappa shape index (κ3) is 4.41. The van der Waals surface area contributed by atoms with Crippen LogP contribution in [0.3, 0.4) is 0 Å². The number of fused-ring (bicyclic) bond motifs is 1. The Labute approximate surface area is 167 Å². The van der Waals surface area contributed by atoms with Crippen molar-refractivity contribution in [2.75, 3.05) is 0 Å². The monoisotopic (exact) mass is 356 g/mol. The second-order valence-corrected chi connectivity index (χ2v) is 8.52. The number of hydrogen-bond donors (Lipinski definition) is 0. The van der Waals surface area contributed by atoms with Crippen molar-refractivity contribution in [2.24, 2.45) is 0 Å². The maximum atomic E-state index is 11.6. The Morgan fingerprint density at radius 2 is 1.21 bits per heavy atom. The van der Waals surface area contributed by atoms with Crippen molar-refractivity contribution < 1.29 is 42.5 Å². The van der Waals surface area contributed by atoms with Crippen molar-refractivity contribution >= 4 is 20.9 Å². The van der Waals surface area contributed by atoms with Gasteiger partial charge in [-0.15, -0.1) is 0 Å². The van der Waals surface area contributed by atoms with E-state index in [1.165, 1.54) is 5.56 Å². The van der Waals surface area contributed by atoms with Crippen molar-refractivity contribution in [1.29, 1.82) is 0 Å². The fourth-order valence-electron chi connectivity index (χ4n) is 2.95. The molecule has 0 bridgehead atoms. The van der Waals surface area contributed by atoms with E-state index >= 15 is 0 Å². The predicted molar refractivity (Wildman–Crippen MR) is 94.2 cm³/mol. The topological polar surface area (TPSA) is 57.2 Å². The van der Waals surface area contributed by atoms with Crippen LogP contribution in [0.25, 0.3) is 10.8 Å². The van der Waals surface area contributed by atoms with E-state index in [9.17, 15) is 13.0 Å². The van der Waals surface area contributed by atoms with Crippen LogP contribution in [0.4, 0.5) is 0 Å². The van der Waals surface area contributed by atoms with Gasteiger partial charge in [0.25, 0.3) is 0 Å². The first-order valence-electron chi connectivity index (χ1n) is 8.09. The molecule has 3 nitrogen and oxygen atoms in total. The Kier molecular flexibility index (Phi) is 7.11. The summed E-state index contributed by atoms with van der Waals surface area (Å²) in [5.74, 6) is 0.780. The van der Waals surface area contributed by atoms with E-state index in [-0.39, 0.29) is 46.3 Å². The van der Waals surface area contributed by atoms with Crippen LogP contribution in [-0.4, -0.2) is 13.0 Å². The standard InChI is InChI=1S/C19H26O3S.Na/c1-11(2)14-7-16(12(3)4)19-10-15(23(20,21)22)9-17(13(5)6)18(19)8-14;/h7-13H,1-6H3,(H,20,21,22);/q;+1/p-1. The first-order chi connectivity index (χ1) is 10.5. The molecule has 0 heterocycles. The summed E-state index contributed by atoms with van der Waals surface area (Å²) in [5.41, 5.74) is 3.25. The fourth-order valence-corrected chi connectivity index (χ4v) is 3.48. The molecular weight excluding hydrogens is 331 g/mol. The van der Waals surface area contributed by atoms with E-state index in [0.29, 0.717) is 5.92 Å². The Morgan fingerprint density at radius 1 is 0.750 bits per heavy atom. The van der Waals surface area contributed by atoms with Crippen LogP contribution in [0.1, 0.15) is 76.0 Å². The molecule has 2 aromatic rings. The number of hydrogen-bond acceptors (Lipinski definition) is 3. The molecule has 0 aromatic heterocycles. The van der Waals surface area contributed by atoms with Crippen LogP contribution in [0.2, 0.25) is 0 Å². The van der Waals surface area contributed by atoms with Crippen LogP contribution in [0.15, 0.2) is 29.2 Å². The van der Waals surface area contributed by atoms with Crippen LogP contribution in [0, 0.1) is 0 Å². The van der Waals surface area contributed by atoms with Gasteiger partial charge in [-0.3, -0.25) is 0 Å². The molecular formula is C19H25NaO3S. The van der Waals surface area contributed by atoms with Gasteiger partial charge in [-0.2, -0.15) is 0 Å². The summed E-state index contributed by atoms with van der Waals surface area (Å²) in [6, 6.07) is 7.37. The number of rotatable bonds is 4. The smallest absolute Gasteiger partial charge is 0.744 e. The summed E-state index contributed by atoms with van der Waals surface area (Å²) in [5, 5.41) is 1.94. The minimum Gasteiger partial charge on any atom is -0.744 e. The van der Waals surface area contributed by atoms with Crippen LogP contribution in [0.5, 0.6) is 0 Å². The van der Waals surface area contributed by atoms with Gasteiger partial charge in [-0.1, -0.05) is 53.7 Å². The zero-order valence-electron chi connectivity index (χ0n) is 15.7. The van der Waals surface area contributed by atoms with Gasteiger partial charge in [0.1, 0.15) is 10.1 Å². The van der Waals surface area contributed by atoms with Crippen LogP contribution in [-0.2, 0) is 10.1 Å². The third-order valence-electron chi connectivity index (χ3n) is 4.33. The fraction of sp³-hybridized carbons (Fsp3) is 0.474. The molecule has 0 N–H and O–H groups in total. The quantitative estimate of drug-likeness (QED) is 0.623. The molecule has 0 amide bonds. The third-order valence-corrected chi connectivity index (χ3v) is 5.14. The van der Waals surface area contributed by atoms with Gasteiger partial charge < -0.3 is 4.55 Å². The van der Waals surface area contributed by atoms with Gasteiger partial charge in [-0.05, 0) is 57.3 Å². The molecule has 0 atom stereocenters. The maximum Gasteiger partial charge on any atom is 1.00 e. The Hall–Kier alpha value is -0.390. The zero-order chi connectivity index (χ0) is 17.5. The average molecular weight is 356 g/mol. The summed E-state index contributed by atoms with van der Waals surface area (Å²) < 4.78 is 34.7. The van der Waals surface area contributed by atoms with E-state index in [4.69, 9.17) is 0 Å². The maximum absolute atomic E-state index is 11.6. The molecule has 0 saturated heterocycles. The van der Waals surface area contributed by atoms with Crippen molar-refractivity contribution in [2.45, 2.75) is 64.2 Å². The Balaban J connectivity index is 0.00000288. The van der Waals surface area contributed by atoms with E-state index < -0.39 is 10.1 Å². The largest absolute Gasteiger partial charge is 1.00 e. The summed E-state index contributed by atoms with van der Waals surface area (Å²) >= 11 is 0. The second-order valence-electron chi connectivity index (χ2n) is 7.14. The van der Waals surface area contributed by atoms with E-state index in [1.807, 2.05) is 13.8 Å². The summed E-state index contributed by atoms with van der Waals surface area (Å²) in [4.78, 5) is -0.132. The van der Waals surface area contributed by atoms with Gasteiger partial charge in [0, 0.05) is 0 Å². The summed E-state index contributed by atoms with van der Waals surface area (Å²) in [6.45, 7) is 12.5. The van der Waals surface area contributed by atoms with E-state index in [1.54, 1.807) is 12.1 Å². The molecule has 2 rings (SSSR count). The summed E-state index contributed by atoms with van der Waals surface area (Å²) in [6.07, 6.45) is 0. The van der Waals surface area contributed by atoms with Crippen molar-refractivity contribution in [3.8, 4) is 0 Å². The summed E-state index contributed by atoms with van der Waals surface area (Å²) in [7, 11) is -4.47. The minimum atomic E-state index is -4.47. The first kappa shape index (κ1) is 21.7. The molecule has 0 aliphatic heterocycles. The van der Waals surface area contributed by atoms with Gasteiger partial charge >= 0.3 is 29.6 Å². The average Bonchev–Trinajstić information content (AvgIpc) is 2.43. The van der Waals surface area contributed by atoms with Crippen LogP contribution >= 0.6 is 0 Å².